The molecular formula is C26H29ClN2O4S. The summed E-state index contributed by atoms with van der Waals surface area (Å²) in [5.74, 6) is -0.276. The number of carbonyl (C=O) groups excluding carboxylic acids is 1. The predicted molar refractivity (Wildman–Crippen MR) is 136 cm³/mol. The molecular weight excluding hydrogens is 472 g/mol. The maximum Gasteiger partial charge on any atom is 0.245 e. The molecule has 2 N–H and O–H groups in total. The van der Waals surface area contributed by atoms with Crippen LogP contribution in [0.5, 0.6) is 5.75 Å². The summed E-state index contributed by atoms with van der Waals surface area (Å²) in [6.45, 7) is 5.96. The zero-order chi connectivity index (χ0) is 24.7. The number of halogens is 1. The van der Waals surface area contributed by atoms with Gasteiger partial charge in [-0.05, 0) is 61.6 Å². The molecule has 0 aromatic heterocycles. The van der Waals surface area contributed by atoms with Gasteiger partial charge in [-0.1, -0.05) is 67.1 Å². The van der Waals surface area contributed by atoms with Crippen LogP contribution in [0.3, 0.4) is 0 Å². The fourth-order valence-electron chi connectivity index (χ4n) is 3.67. The van der Waals surface area contributed by atoms with E-state index in [1.54, 1.807) is 13.0 Å². The fourth-order valence-corrected chi connectivity index (χ4v) is 5.27. The van der Waals surface area contributed by atoms with E-state index in [2.05, 4.69) is 10.0 Å². The van der Waals surface area contributed by atoms with Crippen molar-refractivity contribution >= 4 is 33.2 Å². The molecule has 0 aliphatic carbocycles. The number of amides is 1. The standard InChI is InChI=1S/C26H29ClN2O4S/c1-4-20-13-9-10-18(3)25(20)28-26(30)22(16-19-11-7-6-8-12-19)29-34(31,32)24-17-21(27)14-15-23(24)33-5-2/h6-15,17,22,29H,4-5,16H2,1-3H3,(H,28,30). The van der Waals surface area contributed by atoms with E-state index in [1.807, 2.05) is 62.4 Å². The molecule has 6 nitrogen and oxygen atoms in total. The van der Waals surface area contributed by atoms with E-state index in [4.69, 9.17) is 16.3 Å². The Bertz CT molecular complexity index is 1250. The Labute approximate surface area is 206 Å². The highest BCUT2D eigenvalue weighted by atomic mass is 35.5. The number of carbonyl (C=O) groups is 1. The molecule has 0 radical (unpaired) electrons. The quantitative estimate of drug-likeness (QED) is 0.404. The zero-order valence-corrected chi connectivity index (χ0v) is 21.0. The summed E-state index contributed by atoms with van der Waals surface area (Å²) in [7, 11) is -4.14. The number of benzene rings is 3. The third kappa shape index (κ3) is 6.38. The first kappa shape index (κ1) is 25.7. The highest BCUT2D eigenvalue weighted by Crippen LogP contribution is 2.28. The molecule has 8 heteroatoms. The molecule has 0 spiro atoms. The van der Waals surface area contributed by atoms with E-state index in [0.29, 0.717) is 5.69 Å². The molecule has 0 aliphatic rings. The number of ether oxygens (including phenoxy) is 1. The van der Waals surface area contributed by atoms with E-state index < -0.39 is 22.0 Å². The Morgan fingerprint density at radius 2 is 1.76 bits per heavy atom. The molecule has 0 heterocycles. The van der Waals surface area contributed by atoms with Crippen LogP contribution in [-0.4, -0.2) is 27.0 Å². The molecule has 3 aromatic carbocycles. The largest absolute Gasteiger partial charge is 0.492 e. The molecule has 1 unspecified atom stereocenters. The molecule has 0 aliphatic heterocycles. The first-order chi connectivity index (χ1) is 16.2. The molecule has 0 saturated heterocycles. The van der Waals surface area contributed by atoms with Gasteiger partial charge in [0, 0.05) is 10.7 Å². The second-order valence-electron chi connectivity index (χ2n) is 7.84. The average Bonchev–Trinajstić information content (AvgIpc) is 2.81. The lowest BCUT2D eigenvalue weighted by molar-refractivity contribution is -0.117. The SMILES string of the molecule is CCOc1ccc(Cl)cc1S(=O)(=O)NC(Cc1ccccc1)C(=O)Nc1c(C)cccc1CC. The minimum absolute atomic E-state index is 0.113. The maximum atomic E-state index is 13.4. The number of rotatable bonds is 10. The van der Waals surface area contributed by atoms with Crippen molar-refractivity contribution in [3.63, 3.8) is 0 Å². The van der Waals surface area contributed by atoms with Crippen LogP contribution in [0.25, 0.3) is 0 Å². The Morgan fingerprint density at radius 3 is 2.44 bits per heavy atom. The van der Waals surface area contributed by atoms with Gasteiger partial charge in [0.25, 0.3) is 0 Å². The van der Waals surface area contributed by atoms with E-state index in [-0.39, 0.29) is 28.7 Å². The van der Waals surface area contributed by atoms with Crippen molar-refractivity contribution < 1.29 is 17.9 Å². The molecule has 180 valence electrons. The van der Waals surface area contributed by atoms with E-state index in [1.165, 1.54) is 12.1 Å². The summed E-state index contributed by atoms with van der Waals surface area (Å²) < 4.78 is 34.9. The summed E-state index contributed by atoms with van der Waals surface area (Å²) in [4.78, 5) is 13.3. The van der Waals surface area contributed by atoms with Gasteiger partial charge < -0.3 is 10.1 Å². The number of nitrogens with one attached hydrogen (secondary N) is 2. The lowest BCUT2D eigenvalue weighted by Crippen LogP contribution is -2.45. The van der Waals surface area contributed by atoms with E-state index in [0.717, 1.165) is 23.1 Å². The van der Waals surface area contributed by atoms with Gasteiger partial charge in [0.15, 0.2) is 0 Å². The van der Waals surface area contributed by atoms with Gasteiger partial charge in [0.2, 0.25) is 15.9 Å². The Morgan fingerprint density at radius 1 is 1.03 bits per heavy atom. The molecule has 3 rings (SSSR count). The van der Waals surface area contributed by atoms with Gasteiger partial charge in [-0.15, -0.1) is 0 Å². The molecule has 1 amide bonds. The van der Waals surface area contributed by atoms with Crippen molar-refractivity contribution in [3.8, 4) is 5.75 Å². The number of hydrogen-bond donors (Lipinski definition) is 2. The predicted octanol–water partition coefficient (Wildman–Crippen LogP) is 5.14. The van der Waals surface area contributed by atoms with Gasteiger partial charge in [-0.3, -0.25) is 4.79 Å². The van der Waals surface area contributed by atoms with E-state index >= 15 is 0 Å². The van der Waals surface area contributed by atoms with Crippen LogP contribution >= 0.6 is 11.6 Å². The maximum absolute atomic E-state index is 13.4. The van der Waals surface area contributed by atoms with Gasteiger partial charge in [-0.25, -0.2) is 8.42 Å². The Balaban J connectivity index is 1.97. The molecule has 0 saturated carbocycles. The lowest BCUT2D eigenvalue weighted by Gasteiger charge is -2.21. The average molecular weight is 501 g/mol. The van der Waals surface area contributed by atoms with Crippen LogP contribution < -0.4 is 14.8 Å². The molecule has 0 fully saturated rings. The highest BCUT2D eigenvalue weighted by molar-refractivity contribution is 7.89. The van der Waals surface area contributed by atoms with Crippen LogP contribution in [0.4, 0.5) is 5.69 Å². The summed E-state index contributed by atoms with van der Waals surface area (Å²) in [6.07, 6.45) is 0.899. The third-order valence-electron chi connectivity index (χ3n) is 5.38. The first-order valence-corrected chi connectivity index (χ1v) is 13.0. The summed E-state index contributed by atoms with van der Waals surface area (Å²) in [6, 6.07) is 18.4. The van der Waals surface area contributed by atoms with Gasteiger partial charge >= 0.3 is 0 Å². The van der Waals surface area contributed by atoms with Crippen molar-refractivity contribution in [2.75, 3.05) is 11.9 Å². The highest BCUT2D eigenvalue weighted by Gasteiger charge is 2.29. The van der Waals surface area contributed by atoms with E-state index in [9.17, 15) is 13.2 Å². The zero-order valence-electron chi connectivity index (χ0n) is 19.5. The number of aryl methyl sites for hydroxylation is 2. The first-order valence-electron chi connectivity index (χ1n) is 11.1. The Kier molecular flexibility index (Phi) is 8.72. The fraction of sp³-hybridized carbons (Fsp3) is 0.269. The monoisotopic (exact) mass is 500 g/mol. The van der Waals surface area contributed by atoms with Crippen LogP contribution in [0.1, 0.15) is 30.5 Å². The number of anilines is 1. The van der Waals surface area contributed by atoms with Crippen LogP contribution in [0.15, 0.2) is 71.6 Å². The Hall–Kier alpha value is -2.87. The van der Waals surface area contributed by atoms with Crippen molar-refractivity contribution in [1.29, 1.82) is 0 Å². The van der Waals surface area contributed by atoms with Crippen molar-refractivity contribution in [2.24, 2.45) is 0 Å². The van der Waals surface area contributed by atoms with Gasteiger partial charge in [0.05, 0.1) is 6.61 Å². The smallest absolute Gasteiger partial charge is 0.245 e. The van der Waals surface area contributed by atoms with Crippen LogP contribution in [0, 0.1) is 6.92 Å². The summed E-state index contributed by atoms with van der Waals surface area (Å²) in [5.41, 5.74) is 3.40. The van der Waals surface area contributed by atoms with Gasteiger partial charge in [0.1, 0.15) is 16.7 Å². The topological polar surface area (TPSA) is 84.5 Å². The summed E-state index contributed by atoms with van der Waals surface area (Å²) in [5, 5.41) is 3.20. The molecule has 0 bridgehead atoms. The van der Waals surface area contributed by atoms with Crippen LogP contribution in [-0.2, 0) is 27.7 Å². The van der Waals surface area contributed by atoms with Crippen molar-refractivity contribution in [2.45, 2.75) is 44.6 Å². The normalized spacial score (nSPS) is 12.2. The number of sulfonamides is 1. The molecule has 1 atom stereocenters. The second-order valence-corrected chi connectivity index (χ2v) is 9.96. The molecule has 34 heavy (non-hydrogen) atoms. The lowest BCUT2D eigenvalue weighted by atomic mass is 10.0. The summed E-state index contributed by atoms with van der Waals surface area (Å²) >= 11 is 6.08. The number of hydrogen-bond acceptors (Lipinski definition) is 4. The van der Waals surface area contributed by atoms with Crippen molar-refractivity contribution in [3.05, 3.63) is 88.4 Å². The number of para-hydroxylation sites is 1. The van der Waals surface area contributed by atoms with Crippen LogP contribution in [0.2, 0.25) is 5.02 Å². The molecule has 3 aromatic rings. The second kappa shape index (κ2) is 11.5. The van der Waals surface area contributed by atoms with Crippen molar-refractivity contribution in [1.82, 2.24) is 4.72 Å². The third-order valence-corrected chi connectivity index (χ3v) is 7.11. The minimum Gasteiger partial charge on any atom is -0.492 e. The minimum atomic E-state index is -4.14. The van der Waals surface area contributed by atoms with Gasteiger partial charge in [-0.2, -0.15) is 4.72 Å².